The van der Waals surface area contributed by atoms with E-state index in [2.05, 4.69) is 9.97 Å². The van der Waals surface area contributed by atoms with Crippen LogP contribution in [0.15, 0.2) is 58.5 Å². The van der Waals surface area contributed by atoms with Crippen molar-refractivity contribution in [1.82, 2.24) is 9.97 Å². The summed E-state index contributed by atoms with van der Waals surface area (Å²) in [5.74, 6) is 0. The van der Waals surface area contributed by atoms with Crippen LogP contribution < -0.4 is 11.3 Å². The Bertz CT molecular complexity index is 956. The molecule has 2 aromatic heterocycles. The molecule has 0 atom stereocenters. The van der Waals surface area contributed by atoms with Gasteiger partial charge in [0.1, 0.15) is 4.90 Å². The van der Waals surface area contributed by atoms with Gasteiger partial charge in [0.05, 0.1) is 11.2 Å². The lowest BCUT2D eigenvalue weighted by Crippen LogP contribution is -2.08. The van der Waals surface area contributed by atoms with Crippen LogP contribution in [0.3, 0.4) is 0 Å². The van der Waals surface area contributed by atoms with Gasteiger partial charge in [-0.1, -0.05) is 6.07 Å². The molecule has 8 heteroatoms. The van der Waals surface area contributed by atoms with Crippen molar-refractivity contribution in [2.24, 2.45) is 0 Å². The first kappa shape index (κ1) is 16.7. The molecule has 0 spiro atoms. The zero-order valence-corrected chi connectivity index (χ0v) is 13.0. The second kappa shape index (κ2) is 6.59. The fourth-order valence-corrected chi connectivity index (χ4v) is 2.63. The van der Waals surface area contributed by atoms with Gasteiger partial charge in [0, 0.05) is 23.8 Å². The summed E-state index contributed by atoms with van der Waals surface area (Å²) < 4.78 is 31.2. The number of nitrogens with one attached hydrogen (secondary N) is 1. The number of nitrogens with two attached hydrogens (primary N) is 1. The van der Waals surface area contributed by atoms with Gasteiger partial charge in [0.25, 0.3) is 10.1 Å². The molecule has 0 saturated carbocycles. The average molecular weight is 333 g/mol. The van der Waals surface area contributed by atoms with Crippen molar-refractivity contribution in [3.05, 3.63) is 64.7 Å². The van der Waals surface area contributed by atoms with Gasteiger partial charge in [-0.05, 0) is 36.8 Å². The number of pyridine rings is 2. The molecular weight excluding hydrogens is 318 g/mol. The largest absolute Gasteiger partial charge is 0.398 e. The molecule has 120 valence electrons. The SMILES string of the molecule is Cc1cc(=O)[nH]c2cc(N)c(S(=O)(=O)O)cc12.c1ccncc1. The number of fused-ring (bicyclic) bond motifs is 1. The summed E-state index contributed by atoms with van der Waals surface area (Å²) >= 11 is 0. The number of H-pyrrole nitrogens is 1. The Labute approximate surface area is 132 Å². The lowest BCUT2D eigenvalue weighted by Gasteiger charge is -2.06. The van der Waals surface area contributed by atoms with Crippen molar-refractivity contribution >= 4 is 26.7 Å². The molecule has 1 aromatic carbocycles. The number of rotatable bonds is 1. The minimum absolute atomic E-state index is 0.110. The Kier molecular flexibility index (Phi) is 4.77. The molecule has 23 heavy (non-hydrogen) atoms. The Morgan fingerprint density at radius 1 is 1.13 bits per heavy atom. The van der Waals surface area contributed by atoms with E-state index in [1.807, 2.05) is 18.2 Å². The van der Waals surface area contributed by atoms with E-state index in [1.165, 1.54) is 18.2 Å². The molecule has 0 fully saturated rings. The minimum atomic E-state index is -4.37. The summed E-state index contributed by atoms with van der Waals surface area (Å²) in [6.07, 6.45) is 3.50. The van der Waals surface area contributed by atoms with Crippen molar-refractivity contribution < 1.29 is 13.0 Å². The van der Waals surface area contributed by atoms with Crippen molar-refractivity contribution in [3.8, 4) is 0 Å². The fourth-order valence-electron chi connectivity index (χ4n) is 2.01. The summed E-state index contributed by atoms with van der Waals surface area (Å²) in [5.41, 5.74) is 6.14. The van der Waals surface area contributed by atoms with Crippen LogP contribution in [0.5, 0.6) is 0 Å². The zero-order chi connectivity index (χ0) is 17.0. The Balaban J connectivity index is 0.000000268. The monoisotopic (exact) mass is 333 g/mol. The number of nitrogens with zero attached hydrogens (tertiary/aromatic N) is 1. The van der Waals surface area contributed by atoms with E-state index in [-0.39, 0.29) is 16.1 Å². The molecular formula is C15H15N3O4S. The van der Waals surface area contributed by atoms with Crippen molar-refractivity contribution in [2.75, 3.05) is 5.73 Å². The third-order valence-corrected chi connectivity index (χ3v) is 3.93. The van der Waals surface area contributed by atoms with Crippen molar-refractivity contribution in [1.29, 1.82) is 0 Å². The topological polar surface area (TPSA) is 126 Å². The highest BCUT2D eigenvalue weighted by Crippen LogP contribution is 2.25. The van der Waals surface area contributed by atoms with Gasteiger partial charge in [-0.3, -0.25) is 14.3 Å². The number of nitrogen functional groups attached to an aromatic ring is 1. The van der Waals surface area contributed by atoms with E-state index in [9.17, 15) is 13.2 Å². The Morgan fingerprint density at radius 3 is 2.26 bits per heavy atom. The second-order valence-corrected chi connectivity index (χ2v) is 6.14. The lowest BCUT2D eigenvalue weighted by molar-refractivity contribution is 0.484. The average Bonchev–Trinajstić information content (AvgIpc) is 2.47. The predicted octanol–water partition coefficient (Wildman–Crippen LogP) is 1.75. The molecule has 0 amide bonds. The van der Waals surface area contributed by atoms with E-state index in [1.54, 1.807) is 19.3 Å². The van der Waals surface area contributed by atoms with Gasteiger partial charge in [0.2, 0.25) is 5.56 Å². The number of hydrogen-bond donors (Lipinski definition) is 3. The van der Waals surface area contributed by atoms with E-state index >= 15 is 0 Å². The Morgan fingerprint density at radius 2 is 1.78 bits per heavy atom. The van der Waals surface area contributed by atoms with Gasteiger partial charge < -0.3 is 10.7 Å². The standard InChI is InChI=1S/C10H10N2O4S.C5H5N/c1-5-2-10(13)12-8-4-7(11)9(3-6(5)8)17(14,15)16;1-2-4-6-5-3-1/h2-4H,11H2,1H3,(H,12,13)(H,14,15,16);1-5H. The molecule has 0 radical (unpaired) electrons. The molecule has 7 nitrogen and oxygen atoms in total. The normalized spacial score (nSPS) is 10.9. The Hall–Kier alpha value is -2.71. The molecule has 0 aliphatic heterocycles. The van der Waals surface area contributed by atoms with E-state index < -0.39 is 10.1 Å². The van der Waals surface area contributed by atoms with Crippen LogP contribution >= 0.6 is 0 Å². The van der Waals surface area contributed by atoms with Gasteiger partial charge in [0.15, 0.2) is 0 Å². The number of anilines is 1. The first-order chi connectivity index (χ1) is 10.8. The van der Waals surface area contributed by atoms with E-state index in [0.717, 1.165) is 0 Å². The number of benzene rings is 1. The fraction of sp³-hybridized carbons (Fsp3) is 0.0667. The molecule has 3 aromatic rings. The van der Waals surface area contributed by atoms with Crippen molar-refractivity contribution in [3.63, 3.8) is 0 Å². The van der Waals surface area contributed by atoms with Crippen LogP contribution in [-0.4, -0.2) is 22.9 Å². The molecule has 0 aliphatic rings. The maximum Gasteiger partial charge on any atom is 0.296 e. The van der Waals surface area contributed by atoms with Crippen LogP contribution in [0.25, 0.3) is 10.9 Å². The van der Waals surface area contributed by atoms with Crippen LogP contribution in [0, 0.1) is 6.92 Å². The van der Waals surface area contributed by atoms with E-state index in [4.69, 9.17) is 10.3 Å². The third kappa shape index (κ3) is 4.15. The number of hydrogen-bond acceptors (Lipinski definition) is 5. The summed E-state index contributed by atoms with van der Waals surface area (Å²) in [4.78, 5) is 17.2. The minimum Gasteiger partial charge on any atom is -0.398 e. The van der Waals surface area contributed by atoms with Gasteiger partial charge >= 0.3 is 0 Å². The lowest BCUT2D eigenvalue weighted by atomic mass is 10.1. The van der Waals surface area contributed by atoms with Crippen LogP contribution in [0.4, 0.5) is 5.69 Å². The molecule has 2 heterocycles. The summed E-state index contributed by atoms with van der Waals surface area (Å²) in [5, 5.41) is 0.520. The number of aryl methyl sites for hydroxylation is 1. The zero-order valence-electron chi connectivity index (χ0n) is 12.2. The molecule has 4 N–H and O–H groups in total. The van der Waals surface area contributed by atoms with Crippen molar-refractivity contribution in [2.45, 2.75) is 11.8 Å². The highest BCUT2D eigenvalue weighted by Gasteiger charge is 2.15. The van der Waals surface area contributed by atoms with E-state index in [0.29, 0.717) is 16.5 Å². The third-order valence-electron chi connectivity index (χ3n) is 3.02. The van der Waals surface area contributed by atoms with Crippen LogP contribution in [-0.2, 0) is 10.1 Å². The summed E-state index contributed by atoms with van der Waals surface area (Å²) in [7, 11) is -4.37. The van der Waals surface area contributed by atoms with Crippen LogP contribution in [0.2, 0.25) is 0 Å². The molecule has 0 unspecified atom stereocenters. The number of aromatic amines is 1. The van der Waals surface area contributed by atoms with Gasteiger partial charge in [-0.2, -0.15) is 8.42 Å². The highest BCUT2D eigenvalue weighted by molar-refractivity contribution is 7.86. The van der Waals surface area contributed by atoms with Gasteiger partial charge in [-0.15, -0.1) is 0 Å². The predicted molar refractivity (Wildman–Crippen MR) is 87.8 cm³/mol. The maximum atomic E-state index is 11.2. The molecule has 0 aliphatic carbocycles. The first-order valence-corrected chi connectivity index (χ1v) is 7.98. The quantitative estimate of drug-likeness (QED) is 0.460. The smallest absolute Gasteiger partial charge is 0.296 e. The molecule has 0 bridgehead atoms. The molecule has 0 saturated heterocycles. The summed E-state index contributed by atoms with van der Waals surface area (Å²) in [6, 6.07) is 9.61. The highest BCUT2D eigenvalue weighted by atomic mass is 32.2. The first-order valence-electron chi connectivity index (χ1n) is 6.54. The second-order valence-electron chi connectivity index (χ2n) is 4.75. The summed E-state index contributed by atoms with van der Waals surface area (Å²) in [6.45, 7) is 1.67. The molecule has 3 rings (SSSR count). The van der Waals surface area contributed by atoms with Crippen LogP contribution in [0.1, 0.15) is 5.56 Å². The maximum absolute atomic E-state index is 11.2. The van der Waals surface area contributed by atoms with Gasteiger partial charge in [-0.25, -0.2) is 0 Å². The number of aromatic nitrogens is 2.